The molecule has 1 aromatic carbocycles. The van der Waals surface area contributed by atoms with Gasteiger partial charge in [0.05, 0.1) is 0 Å². The molecule has 0 saturated carbocycles. The van der Waals surface area contributed by atoms with Crippen LogP contribution in [0.3, 0.4) is 0 Å². The molecule has 4 heteroatoms. The first kappa shape index (κ1) is 14.0. The van der Waals surface area contributed by atoms with Gasteiger partial charge in [-0.2, -0.15) is 0 Å². The van der Waals surface area contributed by atoms with Crippen LogP contribution >= 0.6 is 11.8 Å². The monoisotopic (exact) mass is 255 g/mol. The maximum atomic E-state index is 12.6. The van der Waals surface area contributed by atoms with Crippen LogP contribution < -0.4 is 5.32 Å². The van der Waals surface area contributed by atoms with Crippen LogP contribution in [0.1, 0.15) is 27.2 Å². The Hall–Kier alpha value is -1.03. The lowest BCUT2D eigenvalue weighted by atomic mass is 10.1. The molecule has 0 bridgehead atoms. The molecule has 1 aromatic rings. The highest BCUT2D eigenvalue weighted by molar-refractivity contribution is 7.99. The first-order valence-corrected chi connectivity index (χ1v) is 6.55. The van der Waals surface area contributed by atoms with Gasteiger partial charge in [-0.15, -0.1) is 11.8 Å². The number of carbonyl (C=O) groups is 1. The van der Waals surface area contributed by atoms with Gasteiger partial charge in [0.2, 0.25) is 5.91 Å². The number of thioether (sulfide) groups is 1. The molecule has 0 aliphatic heterocycles. The summed E-state index contributed by atoms with van der Waals surface area (Å²) in [7, 11) is 0. The van der Waals surface area contributed by atoms with Crippen molar-refractivity contribution in [3.8, 4) is 0 Å². The number of carbonyl (C=O) groups excluding carboxylic acids is 1. The molecule has 17 heavy (non-hydrogen) atoms. The Morgan fingerprint density at radius 1 is 1.29 bits per heavy atom. The Balaban J connectivity index is 2.28. The predicted molar refractivity (Wildman–Crippen MR) is 69.6 cm³/mol. The fraction of sp³-hybridized carbons (Fsp3) is 0.462. The van der Waals surface area contributed by atoms with Gasteiger partial charge in [0.1, 0.15) is 5.82 Å². The summed E-state index contributed by atoms with van der Waals surface area (Å²) in [5.74, 6) is 0.514. The van der Waals surface area contributed by atoms with Gasteiger partial charge < -0.3 is 5.32 Å². The quantitative estimate of drug-likeness (QED) is 0.837. The molecule has 2 nitrogen and oxygen atoms in total. The Morgan fingerprint density at radius 2 is 1.88 bits per heavy atom. The maximum Gasteiger partial charge on any atom is 0.221 e. The van der Waals surface area contributed by atoms with E-state index < -0.39 is 0 Å². The van der Waals surface area contributed by atoms with Gasteiger partial charge in [-0.25, -0.2) is 4.39 Å². The molecule has 0 aromatic heterocycles. The van der Waals surface area contributed by atoms with Crippen molar-refractivity contribution >= 4 is 17.7 Å². The van der Waals surface area contributed by atoms with Crippen molar-refractivity contribution in [1.29, 1.82) is 0 Å². The summed E-state index contributed by atoms with van der Waals surface area (Å²) in [4.78, 5) is 12.5. The third-order valence-electron chi connectivity index (χ3n) is 1.93. The van der Waals surface area contributed by atoms with E-state index in [2.05, 4.69) is 5.32 Å². The lowest BCUT2D eigenvalue weighted by molar-refractivity contribution is -0.122. The van der Waals surface area contributed by atoms with Gasteiger partial charge in [-0.1, -0.05) is 0 Å². The van der Waals surface area contributed by atoms with E-state index in [0.29, 0.717) is 12.2 Å². The number of halogens is 1. The standard InChI is InChI=1S/C13H18FNOS/c1-13(2,3)15-12(16)8-9-17-11-6-4-10(14)5-7-11/h4-7H,8-9H2,1-3H3,(H,15,16). The van der Waals surface area contributed by atoms with E-state index in [1.54, 1.807) is 23.9 Å². The van der Waals surface area contributed by atoms with E-state index >= 15 is 0 Å². The molecular weight excluding hydrogens is 237 g/mol. The first-order valence-electron chi connectivity index (χ1n) is 5.56. The van der Waals surface area contributed by atoms with Crippen LogP contribution in [0.2, 0.25) is 0 Å². The Labute approximate surface area is 106 Å². The van der Waals surface area contributed by atoms with Crippen molar-refractivity contribution in [3.05, 3.63) is 30.1 Å². The molecule has 0 radical (unpaired) electrons. The molecule has 0 aliphatic carbocycles. The van der Waals surface area contributed by atoms with Crippen molar-refractivity contribution in [2.75, 3.05) is 5.75 Å². The van der Waals surface area contributed by atoms with Gasteiger partial charge in [-0.05, 0) is 45.0 Å². The van der Waals surface area contributed by atoms with E-state index in [4.69, 9.17) is 0 Å². The number of rotatable bonds is 4. The van der Waals surface area contributed by atoms with Gasteiger partial charge >= 0.3 is 0 Å². The minimum atomic E-state index is -0.236. The zero-order valence-electron chi connectivity index (χ0n) is 10.4. The van der Waals surface area contributed by atoms with Crippen LogP contribution in [0.15, 0.2) is 29.2 Å². The molecule has 1 N–H and O–H groups in total. The summed E-state index contributed by atoms with van der Waals surface area (Å²) in [5.41, 5.74) is -0.183. The number of hydrogen-bond donors (Lipinski definition) is 1. The smallest absolute Gasteiger partial charge is 0.221 e. The molecule has 0 saturated heterocycles. The Bertz CT molecular complexity index is 370. The second kappa shape index (κ2) is 6.05. The van der Waals surface area contributed by atoms with Gasteiger partial charge in [0, 0.05) is 22.6 Å². The van der Waals surface area contributed by atoms with Crippen LogP contribution in [-0.4, -0.2) is 17.2 Å². The van der Waals surface area contributed by atoms with Crippen LogP contribution in [0.25, 0.3) is 0 Å². The van der Waals surface area contributed by atoms with Crippen molar-refractivity contribution in [2.24, 2.45) is 0 Å². The molecule has 0 heterocycles. The number of hydrogen-bond acceptors (Lipinski definition) is 2. The lowest BCUT2D eigenvalue weighted by Crippen LogP contribution is -2.40. The third kappa shape index (κ3) is 6.31. The SMILES string of the molecule is CC(C)(C)NC(=O)CCSc1ccc(F)cc1. The molecule has 1 amide bonds. The van der Waals surface area contributed by atoms with Gasteiger partial charge in [0.25, 0.3) is 0 Å². The summed E-state index contributed by atoms with van der Waals surface area (Å²) < 4.78 is 12.6. The van der Waals surface area contributed by atoms with Crippen LogP contribution in [0.5, 0.6) is 0 Å². The number of nitrogens with one attached hydrogen (secondary N) is 1. The molecule has 0 atom stereocenters. The van der Waals surface area contributed by atoms with E-state index in [9.17, 15) is 9.18 Å². The highest BCUT2D eigenvalue weighted by Gasteiger charge is 2.13. The minimum Gasteiger partial charge on any atom is -0.351 e. The van der Waals surface area contributed by atoms with E-state index in [1.807, 2.05) is 20.8 Å². The highest BCUT2D eigenvalue weighted by Crippen LogP contribution is 2.18. The zero-order valence-corrected chi connectivity index (χ0v) is 11.2. The zero-order chi connectivity index (χ0) is 12.9. The second-order valence-electron chi connectivity index (χ2n) is 4.85. The van der Waals surface area contributed by atoms with Crippen molar-refractivity contribution < 1.29 is 9.18 Å². The fourth-order valence-corrected chi connectivity index (χ4v) is 2.12. The molecule has 0 fully saturated rings. The normalized spacial score (nSPS) is 11.3. The summed E-state index contributed by atoms with van der Waals surface area (Å²) in [6.45, 7) is 5.87. The van der Waals surface area contributed by atoms with Crippen LogP contribution in [0.4, 0.5) is 4.39 Å². The average Bonchev–Trinajstić information content (AvgIpc) is 2.18. The van der Waals surface area contributed by atoms with Crippen LogP contribution in [-0.2, 0) is 4.79 Å². The number of benzene rings is 1. The van der Waals surface area contributed by atoms with Crippen molar-refractivity contribution in [3.63, 3.8) is 0 Å². The van der Waals surface area contributed by atoms with E-state index in [-0.39, 0.29) is 17.3 Å². The summed E-state index contributed by atoms with van der Waals surface area (Å²) in [5, 5.41) is 2.90. The Morgan fingerprint density at radius 3 is 2.41 bits per heavy atom. The first-order chi connectivity index (χ1) is 7.87. The average molecular weight is 255 g/mol. The maximum absolute atomic E-state index is 12.6. The molecular formula is C13H18FNOS. The largest absolute Gasteiger partial charge is 0.351 e. The molecule has 1 rings (SSSR count). The molecule has 94 valence electrons. The van der Waals surface area contributed by atoms with Gasteiger partial charge in [0.15, 0.2) is 0 Å². The Kier molecular flexibility index (Phi) is 5.00. The predicted octanol–water partition coefficient (Wildman–Crippen LogP) is 3.22. The molecule has 0 unspecified atom stereocenters. The summed E-state index contributed by atoms with van der Waals surface area (Å²) >= 11 is 1.56. The molecule has 0 spiro atoms. The number of amides is 1. The summed E-state index contributed by atoms with van der Waals surface area (Å²) in [6, 6.07) is 6.30. The van der Waals surface area contributed by atoms with Crippen molar-refractivity contribution in [1.82, 2.24) is 5.32 Å². The second-order valence-corrected chi connectivity index (χ2v) is 6.02. The van der Waals surface area contributed by atoms with E-state index in [0.717, 1.165) is 4.90 Å². The topological polar surface area (TPSA) is 29.1 Å². The van der Waals surface area contributed by atoms with Gasteiger partial charge in [-0.3, -0.25) is 4.79 Å². The van der Waals surface area contributed by atoms with E-state index in [1.165, 1.54) is 12.1 Å². The summed E-state index contributed by atoms with van der Waals surface area (Å²) in [6.07, 6.45) is 0.472. The van der Waals surface area contributed by atoms with Crippen LogP contribution in [0, 0.1) is 5.82 Å². The minimum absolute atomic E-state index is 0.0483. The molecule has 0 aliphatic rings. The highest BCUT2D eigenvalue weighted by atomic mass is 32.2. The van der Waals surface area contributed by atoms with Crippen molar-refractivity contribution in [2.45, 2.75) is 37.6 Å². The lowest BCUT2D eigenvalue weighted by Gasteiger charge is -2.20. The fourth-order valence-electron chi connectivity index (χ4n) is 1.27. The third-order valence-corrected chi connectivity index (χ3v) is 2.94.